The Morgan fingerprint density at radius 1 is 1.22 bits per heavy atom. The summed E-state index contributed by atoms with van der Waals surface area (Å²) >= 11 is 2.91. The van der Waals surface area contributed by atoms with Gasteiger partial charge in [-0.25, -0.2) is 17.7 Å². The molecule has 1 N–H and O–H groups in total. The average molecular weight is 422 g/mol. The van der Waals surface area contributed by atoms with Crippen molar-refractivity contribution in [3.05, 3.63) is 48.0 Å². The van der Waals surface area contributed by atoms with E-state index in [9.17, 15) is 13.2 Å². The number of anilines is 1. The van der Waals surface area contributed by atoms with Crippen LogP contribution in [0, 0.1) is 0 Å². The second kappa shape index (κ2) is 7.97. The van der Waals surface area contributed by atoms with Crippen LogP contribution in [-0.4, -0.2) is 43.5 Å². The number of nitrogens with zero attached hydrogens (tertiary/aromatic N) is 2. The van der Waals surface area contributed by atoms with E-state index < -0.39 is 10.0 Å². The third-order valence-corrected chi connectivity index (χ3v) is 7.39. The Labute approximate surface area is 166 Å². The SMILES string of the molecule is CCSc1cccc(C(=O)Nc2nc3ccc(S(=O)(=O)N(C)C)cc3s2)c1. The minimum Gasteiger partial charge on any atom is -0.298 e. The highest BCUT2D eigenvalue weighted by Gasteiger charge is 2.19. The molecule has 1 heterocycles. The molecular weight excluding hydrogens is 402 g/mol. The lowest BCUT2D eigenvalue weighted by molar-refractivity contribution is 0.102. The first-order valence-electron chi connectivity index (χ1n) is 8.18. The van der Waals surface area contributed by atoms with E-state index in [4.69, 9.17) is 0 Å². The number of fused-ring (bicyclic) bond motifs is 1. The summed E-state index contributed by atoms with van der Waals surface area (Å²) in [5, 5.41) is 3.23. The van der Waals surface area contributed by atoms with Crippen molar-refractivity contribution in [2.24, 2.45) is 0 Å². The van der Waals surface area contributed by atoms with Gasteiger partial charge < -0.3 is 0 Å². The summed E-state index contributed by atoms with van der Waals surface area (Å²) < 4.78 is 26.4. The van der Waals surface area contributed by atoms with Crippen LogP contribution in [0.1, 0.15) is 17.3 Å². The topological polar surface area (TPSA) is 79.4 Å². The van der Waals surface area contributed by atoms with Crippen molar-refractivity contribution in [3.63, 3.8) is 0 Å². The van der Waals surface area contributed by atoms with Gasteiger partial charge in [0.05, 0.1) is 15.1 Å². The monoisotopic (exact) mass is 421 g/mol. The predicted octanol–water partition coefficient (Wildman–Crippen LogP) is 3.91. The van der Waals surface area contributed by atoms with Gasteiger partial charge in [-0.15, -0.1) is 11.8 Å². The molecule has 1 aromatic heterocycles. The van der Waals surface area contributed by atoms with Gasteiger partial charge in [-0.1, -0.05) is 24.3 Å². The number of benzene rings is 2. The molecule has 142 valence electrons. The van der Waals surface area contributed by atoms with Crippen LogP contribution in [-0.2, 0) is 10.0 Å². The zero-order chi connectivity index (χ0) is 19.6. The first-order chi connectivity index (χ1) is 12.8. The minimum atomic E-state index is -3.51. The fourth-order valence-corrected chi connectivity index (χ4v) is 5.01. The number of hydrogen-bond acceptors (Lipinski definition) is 6. The molecule has 1 amide bonds. The number of aromatic nitrogens is 1. The van der Waals surface area contributed by atoms with Gasteiger partial charge in [-0.2, -0.15) is 0 Å². The molecule has 9 heteroatoms. The summed E-state index contributed by atoms with van der Waals surface area (Å²) in [5.74, 6) is 0.690. The Hall–Kier alpha value is -1.94. The van der Waals surface area contributed by atoms with Crippen molar-refractivity contribution in [2.75, 3.05) is 25.2 Å². The van der Waals surface area contributed by atoms with Crippen LogP contribution in [0.5, 0.6) is 0 Å². The largest absolute Gasteiger partial charge is 0.298 e. The van der Waals surface area contributed by atoms with Gasteiger partial charge in [0.2, 0.25) is 10.0 Å². The number of thiazole rings is 1. The standard InChI is InChI=1S/C18H19N3O3S3/c1-4-25-13-7-5-6-12(10-13)17(22)20-18-19-15-9-8-14(11-16(15)26-18)27(23,24)21(2)3/h5-11H,4H2,1-3H3,(H,19,20,22). The van der Waals surface area contributed by atoms with E-state index in [2.05, 4.69) is 17.2 Å². The Morgan fingerprint density at radius 2 is 2.00 bits per heavy atom. The van der Waals surface area contributed by atoms with Gasteiger partial charge >= 0.3 is 0 Å². The fourth-order valence-electron chi connectivity index (χ4n) is 2.39. The van der Waals surface area contributed by atoms with Crippen molar-refractivity contribution in [3.8, 4) is 0 Å². The van der Waals surface area contributed by atoms with Crippen LogP contribution >= 0.6 is 23.1 Å². The highest BCUT2D eigenvalue weighted by molar-refractivity contribution is 7.99. The van der Waals surface area contributed by atoms with Crippen LogP contribution < -0.4 is 5.32 Å². The predicted molar refractivity (Wildman–Crippen MR) is 111 cm³/mol. The molecule has 0 aliphatic rings. The van der Waals surface area contributed by atoms with Crippen LogP contribution in [0.2, 0.25) is 0 Å². The lowest BCUT2D eigenvalue weighted by atomic mass is 10.2. The third kappa shape index (κ3) is 4.32. The molecule has 0 unspecified atom stereocenters. The molecule has 0 saturated carbocycles. The molecule has 3 aromatic rings. The second-order valence-electron chi connectivity index (χ2n) is 5.85. The van der Waals surface area contributed by atoms with Crippen LogP contribution in [0.3, 0.4) is 0 Å². The molecule has 2 aromatic carbocycles. The zero-order valence-corrected chi connectivity index (χ0v) is 17.5. The fraction of sp³-hybridized carbons (Fsp3) is 0.222. The lowest BCUT2D eigenvalue weighted by Gasteiger charge is -2.10. The van der Waals surface area contributed by atoms with Gasteiger partial charge in [0.15, 0.2) is 5.13 Å². The van der Waals surface area contributed by atoms with Crippen LogP contribution in [0.4, 0.5) is 5.13 Å². The number of thioether (sulfide) groups is 1. The summed E-state index contributed by atoms with van der Waals surface area (Å²) in [7, 11) is -0.535. The molecule has 0 fully saturated rings. The van der Waals surface area contributed by atoms with E-state index in [-0.39, 0.29) is 10.8 Å². The van der Waals surface area contributed by atoms with Crippen molar-refractivity contribution < 1.29 is 13.2 Å². The molecule has 0 radical (unpaired) electrons. The highest BCUT2D eigenvalue weighted by Crippen LogP contribution is 2.29. The van der Waals surface area contributed by atoms with Crippen LogP contribution in [0.15, 0.2) is 52.3 Å². The molecule has 0 aliphatic carbocycles. The first kappa shape index (κ1) is 19.8. The number of sulfonamides is 1. The Bertz CT molecular complexity index is 1090. The van der Waals surface area contributed by atoms with E-state index in [0.717, 1.165) is 10.6 Å². The number of hydrogen-bond donors (Lipinski definition) is 1. The Kier molecular flexibility index (Phi) is 5.85. The molecule has 0 saturated heterocycles. The molecule has 0 spiro atoms. The van der Waals surface area contributed by atoms with Crippen molar-refractivity contribution in [2.45, 2.75) is 16.7 Å². The van der Waals surface area contributed by atoms with Gasteiger partial charge in [-0.05, 0) is 42.2 Å². The van der Waals surface area contributed by atoms with E-state index in [1.807, 2.05) is 18.2 Å². The minimum absolute atomic E-state index is 0.200. The van der Waals surface area contributed by atoms with Crippen molar-refractivity contribution in [1.29, 1.82) is 0 Å². The first-order valence-corrected chi connectivity index (χ1v) is 11.4. The summed E-state index contributed by atoms with van der Waals surface area (Å²) in [6, 6.07) is 12.2. The molecule has 6 nitrogen and oxygen atoms in total. The highest BCUT2D eigenvalue weighted by atomic mass is 32.2. The number of carbonyl (C=O) groups is 1. The quantitative estimate of drug-likeness (QED) is 0.611. The number of rotatable bonds is 6. The third-order valence-electron chi connectivity index (χ3n) is 3.77. The van der Waals surface area contributed by atoms with Crippen LogP contribution in [0.25, 0.3) is 10.2 Å². The number of amides is 1. The molecular formula is C18H19N3O3S3. The Balaban J connectivity index is 1.85. The summed E-state index contributed by atoms with van der Waals surface area (Å²) in [6.07, 6.45) is 0. The van der Waals surface area contributed by atoms with Gasteiger partial charge in [-0.3, -0.25) is 10.1 Å². The molecule has 0 aliphatic heterocycles. The number of nitrogens with one attached hydrogen (secondary N) is 1. The molecule has 0 bridgehead atoms. The van der Waals surface area contributed by atoms with Crippen molar-refractivity contribution in [1.82, 2.24) is 9.29 Å². The maximum atomic E-state index is 12.5. The maximum absolute atomic E-state index is 12.5. The van der Waals surface area contributed by atoms with Gasteiger partial charge in [0, 0.05) is 24.6 Å². The van der Waals surface area contributed by atoms with Crippen molar-refractivity contribution >= 4 is 54.4 Å². The maximum Gasteiger partial charge on any atom is 0.257 e. The molecule has 3 rings (SSSR count). The molecule has 0 atom stereocenters. The summed E-state index contributed by atoms with van der Waals surface area (Å²) in [6.45, 7) is 2.06. The smallest absolute Gasteiger partial charge is 0.257 e. The van der Waals surface area contributed by atoms with E-state index in [0.29, 0.717) is 20.9 Å². The zero-order valence-electron chi connectivity index (χ0n) is 15.1. The average Bonchev–Trinajstić information content (AvgIpc) is 3.03. The van der Waals surface area contributed by atoms with Gasteiger partial charge in [0.25, 0.3) is 5.91 Å². The normalized spacial score (nSPS) is 11.9. The van der Waals surface area contributed by atoms with E-state index in [1.165, 1.54) is 35.8 Å². The van der Waals surface area contributed by atoms with E-state index >= 15 is 0 Å². The Morgan fingerprint density at radius 3 is 2.70 bits per heavy atom. The summed E-state index contributed by atoms with van der Waals surface area (Å²) in [5.41, 5.74) is 1.20. The van der Waals surface area contributed by atoms with E-state index in [1.54, 1.807) is 30.0 Å². The number of carbonyl (C=O) groups excluding carboxylic acids is 1. The van der Waals surface area contributed by atoms with Gasteiger partial charge in [0.1, 0.15) is 0 Å². The lowest BCUT2D eigenvalue weighted by Crippen LogP contribution is -2.22. The summed E-state index contributed by atoms with van der Waals surface area (Å²) in [4.78, 5) is 18.1. The second-order valence-corrected chi connectivity index (χ2v) is 10.4. The molecule has 27 heavy (non-hydrogen) atoms.